The van der Waals surface area contributed by atoms with Crippen LogP contribution in [0, 0.1) is 5.82 Å². The molecule has 1 spiro atoms. The third-order valence-electron chi connectivity index (χ3n) is 5.44. The second kappa shape index (κ2) is 6.59. The van der Waals surface area contributed by atoms with Gasteiger partial charge in [0.1, 0.15) is 23.8 Å². The number of rotatable bonds is 4. The van der Waals surface area contributed by atoms with Gasteiger partial charge in [0.15, 0.2) is 6.29 Å². The Bertz CT molecular complexity index is 598. The minimum Gasteiger partial charge on any atom is -0.492 e. The molecule has 0 radical (unpaired) electrons. The highest BCUT2D eigenvalue weighted by molar-refractivity contribution is 5.44. The molecule has 0 aliphatic carbocycles. The normalized spacial score (nSPS) is 26.0. The first-order valence-electron chi connectivity index (χ1n) is 8.94. The van der Waals surface area contributed by atoms with Crippen molar-refractivity contribution in [3.8, 4) is 5.75 Å². The monoisotopic (exact) mass is 336 g/mol. The Morgan fingerprint density at radius 2 is 2.04 bits per heavy atom. The number of halogens is 1. The Labute approximate surface area is 141 Å². The molecule has 1 unspecified atom stereocenters. The molecule has 3 aliphatic heterocycles. The Morgan fingerprint density at radius 1 is 1.29 bits per heavy atom. The van der Waals surface area contributed by atoms with Gasteiger partial charge in [-0.25, -0.2) is 4.39 Å². The van der Waals surface area contributed by atoms with Crippen LogP contribution in [0.1, 0.15) is 43.1 Å². The number of hydrogen-bond donors (Lipinski definition) is 2. The van der Waals surface area contributed by atoms with Crippen molar-refractivity contribution in [2.24, 2.45) is 0 Å². The van der Waals surface area contributed by atoms with Gasteiger partial charge in [0.2, 0.25) is 0 Å². The van der Waals surface area contributed by atoms with E-state index in [1.807, 2.05) is 0 Å². The first-order valence-corrected chi connectivity index (χ1v) is 8.94. The van der Waals surface area contributed by atoms with Crippen LogP contribution in [-0.4, -0.2) is 49.3 Å². The van der Waals surface area contributed by atoms with E-state index in [0.29, 0.717) is 36.3 Å². The summed E-state index contributed by atoms with van der Waals surface area (Å²) in [5.41, 5.74) is 0.342. The fourth-order valence-corrected chi connectivity index (χ4v) is 4.19. The highest BCUT2D eigenvalue weighted by Gasteiger charge is 2.47. The molecular weight excluding hydrogens is 311 g/mol. The van der Waals surface area contributed by atoms with Gasteiger partial charge in [-0.05, 0) is 57.9 Å². The molecule has 0 bridgehead atoms. The van der Waals surface area contributed by atoms with Gasteiger partial charge in [-0.15, -0.1) is 0 Å². The van der Waals surface area contributed by atoms with Gasteiger partial charge in [-0.3, -0.25) is 4.90 Å². The summed E-state index contributed by atoms with van der Waals surface area (Å²) >= 11 is 0. The smallest absolute Gasteiger partial charge is 0.182 e. The third kappa shape index (κ3) is 2.92. The third-order valence-corrected chi connectivity index (χ3v) is 5.44. The molecule has 4 rings (SSSR count). The molecule has 3 heterocycles. The molecule has 3 aliphatic rings. The molecule has 132 valence electrons. The van der Waals surface area contributed by atoms with Gasteiger partial charge in [-0.2, -0.15) is 0 Å². The van der Waals surface area contributed by atoms with Crippen LogP contribution in [0.2, 0.25) is 0 Å². The number of hydrogen-bond acceptors (Lipinski definition) is 5. The summed E-state index contributed by atoms with van der Waals surface area (Å²) in [5, 5.41) is 13.5. The largest absolute Gasteiger partial charge is 0.492 e. The Balaban J connectivity index is 1.50. The lowest BCUT2D eigenvalue weighted by atomic mass is 9.84. The fourth-order valence-electron chi connectivity index (χ4n) is 4.19. The molecule has 0 saturated carbocycles. The second-order valence-electron chi connectivity index (χ2n) is 6.98. The molecule has 1 aromatic carbocycles. The summed E-state index contributed by atoms with van der Waals surface area (Å²) in [6.07, 6.45) is 2.75. The van der Waals surface area contributed by atoms with Crippen molar-refractivity contribution in [1.82, 2.24) is 10.2 Å². The zero-order valence-electron chi connectivity index (χ0n) is 13.9. The zero-order chi connectivity index (χ0) is 16.6. The summed E-state index contributed by atoms with van der Waals surface area (Å²) in [4.78, 5) is 2.35. The van der Waals surface area contributed by atoms with Crippen molar-refractivity contribution in [3.63, 3.8) is 0 Å². The maximum Gasteiger partial charge on any atom is 0.182 e. The average Bonchev–Trinajstić information content (AvgIpc) is 3.16. The molecule has 0 amide bonds. The molecule has 2 fully saturated rings. The molecule has 1 atom stereocenters. The van der Waals surface area contributed by atoms with E-state index in [1.54, 1.807) is 6.07 Å². The molecule has 2 N–H and O–H groups in total. The Hall–Kier alpha value is -1.21. The fraction of sp³-hybridized carbons (Fsp3) is 0.667. The maximum atomic E-state index is 14.8. The Morgan fingerprint density at radius 3 is 2.79 bits per heavy atom. The van der Waals surface area contributed by atoms with Crippen LogP contribution in [0.25, 0.3) is 0 Å². The van der Waals surface area contributed by atoms with Crippen molar-refractivity contribution in [1.29, 1.82) is 0 Å². The number of nitrogens with zero attached hydrogens (tertiary/aromatic N) is 1. The van der Waals surface area contributed by atoms with Gasteiger partial charge < -0.3 is 19.9 Å². The van der Waals surface area contributed by atoms with Gasteiger partial charge in [0.25, 0.3) is 0 Å². The summed E-state index contributed by atoms with van der Waals surface area (Å²) in [6, 6.07) is 3.18. The molecule has 6 heteroatoms. The number of benzene rings is 1. The highest BCUT2D eigenvalue weighted by atomic mass is 19.1. The number of aliphatic hydroxyl groups excluding tert-OH is 1. The van der Waals surface area contributed by atoms with Crippen molar-refractivity contribution in [2.45, 2.75) is 37.6 Å². The average molecular weight is 336 g/mol. The quantitative estimate of drug-likeness (QED) is 0.880. The maximum absolute atomic E-state index is 14.8. The van der Waals surface area contributed by atoms with E-state index >= 15 is 0 Å². The molecule has 2 saturated heterocycles. The van der Waals surface area contributed by atoms with E-state index in [2.05, 4.69) is 10.2 Å². The first-order chi connectivity index (χ1) is 11.7. The molecule has 1 aromatic rings. The summed E-state index contributed by atoms with van der Waals surface area (Å²) in [6.45, 7) is 5.15. The van der Waals surface area contributed by atoms with E-state index in [4.69, 9.17) is 9.47 Å². The van der Waals surface area contributed by atoms with Gasteiger partial charge >= 0.3 is 0 Å². The van der Waals surface area contributed by atoms with Crippen molar-refractivity contribution < 1.29 is 19.0 Å². The summed E-state index contributed by atoms with van der Waals surface area (Å²) in [7, 11) is 0. The number of fused-ring (bicyclic) bond motifs is 2. The number of ether oxygens (including phenoxy) is 2. The number of aliphatic hydroxyl groups is 1. The van der Waals surface area contributed by atoms with Gasteiger partial charge in [0.05, 0.1) is 0 Å². The van der Waals surface area contributed by atoms with E-state index in [-0.39, 0.29) is 5.82 Å². The van der Waals surface area contributed by atoms with E-state index in [9.17, 15) is 9.50 Å². The summed E-state index contributed by atoms with van der Waals surface area (Å²) < 4.78 is 26.3. The number of likely N-dealkylation sites (tertiary alicyclic amines) is 1. The van der Waals surface area contributed by atoms with Crippen molar-refractivity contribution >= 4 is 0 Å². The van der Waals surface area contributed by atoms with Crippen LogP contribution in [0.5, 0.6) is 5.75 Å². The van der Waals surface area contributed by atoms with Crippen LogP contribution < -0.4 is 10.1 Å². The summed E-state index contributed by atoms with van der Waals surface area (Å²) in [5.74, 6) is 0.140. The van der Waals surface area contributed by atoms with Gasteiger partial charge in [-0.1, -0.05) is 0 Å². The lowest BCUT2D eigenvalue weighted by molar-refractivity contribution is -0.182. The SMILES string of the molecule is OC1OC2(CCNCC2)c2c(F)cc(OCCN3CCCC3)cc21. The second-order valence-corrected chi connectivity index (χ2v) is 6.98. The van der Waals surface area contributed by atoms with E-state index in [1.165, 1.54) is 18.9 Å². The van der Waals surface area contributed by atoms with Crippen LogP contribution in [0.3, 0.4) is 0 Å². The standard InChI is InChI=1S/C18H25FN2O3/c19-15-12-13(23-10-9-21-7-1-2-8-21)11-14-16(15)18(24-17(14)22)3-5-20-6-4-18/h11-12,17,20,22H,1-10H2. The van der Waals surface area contributed by atoms with Crippen molar-refractivity contribution in [2.75, 3.05) is 39.3 Å². The van der Waals surface area contributed by atoms with Crippen LogP contribution in [0.15, 0.2) is 12.1 Å². The predicted octanol–water partition coefficient (Wildman–Crippen LogP) is 1.90. The molecular formula is C18H25FN2O3. The van der Waals surface area contributed by atoms with Crippen LogP contribution in [-0.2, 0) is 10.3 Å². The van der Waals surface area contributed by atoms with Crippen molar-refractivity contribution in [3.05, 3.63) is 29.1 Å². The van der Waals surface area contributed by atoms with Crippen LogP contribution in [0.4, 0.5) is 4.39 Å². The Kier molecular flexibility index (Phi) is 4.47. The van der Waals surface area contributed by atoms with Gasteiger partial charge in [0, 0.05) is 23.7 Å². The molecule has 5 nitrogen and oxygen atoms in total. The highest BCUT2D eigenvalue weighted by Crippen LogP contribution is 2.49. The number of nitrogens with one attached hydrogen (secondary N) is 1. The molecule has 0 aromatic heterocycles. The predicted molar refractivity (Wildman–Crippen MR) is 87.4 cm³/mol. The van der Waals surface area contributed by atoms with E-state index in [0.717, 1.165) is 32.7 Å². The first kappa shape index (κ1) is 16.3. The van der Waals surface area contributed by atoms with Crippen LogP contribution >= 0.6 is 0 Å². The molecule has 24 heavy (non-hydrogen) atoms. The lowest BCUT2D eigenvalue weighted by Gasteiger charge is -2.34. The topological polar surface area (TPSA) is 54.0 Å². The minimum atomic E-state index is -1.07. The zero-order valence-corrected chi connectivity index (χ0v) is 13.9. The number of piperidine rings is 1. The lowest BCUT2D eigenvalue weighted by Crippen LogP contribution is -2.40. The van der Waals surface area contributed by atoms with E-state index < -0.39 is 11.9 Å². The minimum absolute atomic E-state index is 0.331.